The highest BCUT2D eigenvalue weighted by Gasteiger charge is 2.37. The molecule has 4 aromatic rings. The fraction of sp³-hybridized carbons (Fsp3) is 0.583. The van der Waals surface area contributed by atoms with Gasteiger partial charge in [-0.15, -0.1) is 0 Å². The fourth-order valence-corrected chi connectivity index (χ4v) is 8.91. The summed E-state index contributed by atoms with van der Waals surface area (Å²) in [5, 5.41) is 6.90. The Morgan fingerprint density at radius 2 is 1.80 bits per heavy atom. The normalized spacial score (nSPS) is 24.5. The second-order valence-electron chi connectivity index (χ2n) is 15.3. The van der Waals surface area contributed by atoms with E-state index in [1.807, 2.05) is 6.07 Å². The van der Waals surface area contributed by atoms with E-state index < -0.39 is 23.7 Å². The number of ether oxygens (including phenoxy) is 2. The van der Waals surface area contributed by atoms with Crippen molar-refractivity contribution in [3.8, 4) is 17.3 Å². The number of halogens is 2. The van der Waals surface area contributed by atoms with Crippen molar-refractivity contribution >= 4 is 49.5 Å². The van der Waals surface area contributed by atoms with Gasteiger partial charge in [0.2, 0.25) is 0 Å². The Morgan fingerprint density at radius 1 is 1.04 bits per heavy atom. The Balaban J connectivity index is 0.000000359. The molecule has 4 unspecified atom stereocenters. The van der Waals surface area contributed by atoms with Gasteiger partial charge in [0.05, 0.1) is 28.5 Å². The lowest BCUT2D eigenvalue weighted by molar-refractivity contribution is 0.0636. The number of piperazine rings is 1. The second kappa shape index (κ2) is 13.2. The third kappa shape index (κ3) is 6.87. The molecule has 1 aliphatic carbocycles. The predicted octanol–water partition coefficient (Wildman–Crippen LogP) is 6.03. The van der Waals surface area contributed by atoms with E-state index in [-0.39, 0.29) is 27.4 Å². The highest BCUT2D eigenvalue weighted by Crippen LogP contribution is 2.42. The average Bonchev–Trinajstić information content (AvgIpc) is 3.30. The monoisotopic (exact) mass is 722 g/mol. The van der Waals surface area contributed by atoms with Crippen LogP contribution in [0.15, 0.2) is 23.0 Å². The molecular formula is C36H44F2N8O4S. The van der Waals surface area contributed by atoms with Crippen molar-refractivity contribution in [1.82, 2.24) is 29.7 Å². The van der Waals surface area contributed by atoms with Crippen LogP contribution < -0.4 is 25.8 Å². The zero-order chi connectivity index (χ0) is 35.6. The van der Waals surface area contributed by atoms with Crippen molar-refractivity contribution in [2.45, 2.75) is 102 Å². The molecule has 0 spiro atoms. The molecule has 1 aromatic carbocycles. The third-order valence-corrected chi connectivity index (χ3v) is 11.3. The van der Waals surface area contributed by atoms with Crippen LogP contribution in [0.2, 0.25) is 0 Å². The van der Waals surface area contributed by atoms with E-state index in [0.717, 1.165) is 63.1 Å². The molecule has 4 saturated heterocycles. The third-order valence-electron chi connectivity index (χ3n) is 10.3. The number of methoxy groups -OCH3 is 1. The van der Waals surface area contributed by atoms with Crippen molar-refractivity contribution in [3.63, 3.8) is 0 Å². The molecular weight excluding hydrogens is 679 g/mol. The van der Waals surface area contributed by atoms with Gasteiger partial charge in [0.1, 0.15) is 28.8 Å². The van der Waals surface area contributed by atoms with E-state index in [4.69, 9.17) is 9.47 Å². The molecule has 7 heterocycles. The first-order chi connectivity index (χ1) is 24.4. The van der Waals surface area contributed by atoms with E-state index in [9.17, 15) is 14.0 Å². The average molecular weight is 723 g/mol. The highest BCUT2D eigenvalue weighted by atomic mass is 32.1. The van der Waals surface area contributed by atoms with Gasteiger partial charge < -0.3 is 24.3 Å². The van der Waals surface area contributed by atoms with Crippen molar-refractivity contribution in [2.75, 3.05) is 43.5 Å². The first kappa shape index (κ1) is 34.2. The number of carbonyl (C=O) groups excluding carboxylic acids is 1. The minimum Gasteiger partial charge on any atom is -0.467 e. The number of fused-ring (bicyclic) bond motifs is 5. The van der Waals surface area contributed by atoms with E-state index >= 15 is 4.39 Å². The molecule has 1 amide bonds. The molecule has 2 bridgehead atoms. The van der Waals surface area contributed by atoms with Crippen molar-refractivity contribution < 1.29 is 23.0 Å². The van der Waals surface area contributed by atoms with Gasteiger partial charge in [0.15, 0.2) is 5.13 Å². The Labute approximate surface area is 298 Å². The van der Waals surface area contributed by atoms with E-state index in [2.05, 4.69) is 35.4 Å². The summed E-state index contributed by atoms with van der Waals surface area (Å²) in [6.45, 7) is 8.64. The number of benzene rings is 1. The maximum absolute atomic E-state index is 15.0. The van der Waals surface area contributed by atoms with Crippen LogP contribution in [-0.4, -0.2) is 93.7 Å². The van der Waals surface area contributed by atoms with E-state index in [1.165, 1.54) is 26.0 Å². The smallest absolute Gasteiger partial charge is 0.413 e. The largest absolute Gasteiger partial charge is 0.467 e. The summed E-state index contributed by atoms with van der Waals surface area (Å²) < 4.78 is 40.5. The van der Waals surface area contributed by atoms with Crippen molar-refractivity contribution in [1.29, 1.82) is 0 Å². The number of pyridine rings is 1. The summed E-state index contributed by atoms with van der Waals surface area (Å²) in [6.07, 6.45) is 6.04. The number of thiazole rings is 1. The molecule has 5 aliphatic rings. The van der Waals surface area contributed by atoms with Gasteiger partial charge in [0.25, 0.3) is 5.56 Å². The molecule has 0 radical (unpaired) electrons. The van der Waals surface area contributed by atoms with Gasteiger partial charge in [0, 0.05) is 49.4 Å². The Bertz CT molecular complexity index is 2020. The molecule has 12 nitrogen and oxygen atoms in total. The summed E-state index contributed by atoms with van der Waals surface area (Å²) in [6, 6.07) is 6.34. The zero-order valence-electron chi connectivity index (χ0n) is 29.4. The molecule has 2 N–H and O–H groups in total. The lowest BCUT2D eigenvalue weighted by Crippen LogP contribution is -2.51. The summed E-state index contributed by atoms with van der Waals surface area (Å²) in [4.78, 5) is 45.1. The molecule has 5 fully saturated rings. The SMILES string of the molecule is COc1nc(N2CC3CCC(C2)N3)c2c(=O)n(C3CC3)c(-c3ccc(F)c4sc(NC(=O)OC(C)(C)C)nc34)cc2n1.FC1CC2CCCN2C1. The molecule has 272 valence electrons. The summed E-state index contributed by atoms with van der Waals surface area (Å²) in [5.41, 5.74) is 1.08. The van der Waals surface area contributed by atoms with Crippen LogP contribution in [0.25, 0.3) is 32.4 Å². The number of nitrogens with zero attached hydrogens (tertiary/aromatic N) is 6. The molecule has 1 saturated carbocycles. The number of carbonyl (C=O) groups is 1. The van der Waals surface area contributed by atoms with E-state index in [0.29, 0.717) is 58.2 Å². The number of aromatic nitrogens is 4. The van der Waals surface area contributed by atoms with Crippen LogP contribution in [0, 0.1) is 5.82 Å². The Hall–Kier alpha value is -3.95. The second-order valence-corrected chi connectivity index (χ2v) is 16.3. The molecule has 4 atom stereocenters. The quantitative estimate of drug-likeness (QED) is 0.252. The zero-order valence-corrected chi connectivity index (χ0v) is 30.2. The highest BCUT2D eigenvalue weighted by molar-refractivity contribution is 7.22. The first-order valence-corrected chi connectivity index (χ1v) is 18.8. The van der Waals surface area contributed by atoms with Crippen LogP contribution in [0.3, 0.4) is 0 Å². The van der Waals surface area contributed by atoms with Crippen LogP contribution in [-0.2, 0) is 4.74 Å². The molecule has 4 aliphatic heterocycles. The minimum atomic E-state index is -0.700. The molecule has 9 rings (SSSR count). The van der Waals surface area contributed by atoms with Gasteiger partial charge in [-0.1, -0.05) is 11.3 Å². The van der Waals surface area contributed by atoms with E-state index in [1.54, 1.807) is 31.4 Å². The van der Waals surface area contributed by atoms with Crippen LogP contribution in [0.1, 0.15) is 71.8 Å². The summed E-state index contributed by atoms with van der Waals surface area (Å²) in [5.74, 6) is 0.118. The first-order valence-electron chi connectivity index (χ1n) is 17.9. The standard InChI is InChI=1S/C29H32FN7O4S.C7H12FN/c1-29(2,3)41-28(39)35-27-33-22-17(9-10-18(30)23(22)42-27)20-11-19-21(25(38)37(20)16-7-8-16)24(34-26(32-19)40-4)36-12-14-5-6-15(13-36)31-14;8-6-4-7-2-1-3-9(7)5-6/h9-11,14-16,31H,5-8,12-13H2,1-4H3,(H,33,35,39);6-7H,1-5H2. The predicted molar refractivity (Wildman–Crippen MR) is 193 cm³/mol. The number of anilines is 2. The summed E-state index contributed by atoms with van der Waals surface area (Å²) in [7, 11) is 1.51. The van der Waals surface area contributed by atoms with Crippen molar-refractivity contribution in [3.05, 3.63) is 34.4 Å². The number of hydrogen-bond acceptors (Lipinski definition) is 11. The van der Waals surface area contributed by atoms with Crippen LogP contribution >= 0.6 is 11.3 Å². The van der Waals surface area contributed by atoms with Crippen LogP contribution in [0.4, 0.5) is 24.5 Å². The summed E-state index contributed by atoms with van der Waals surface area (Å²) >= 11 is 1.01. The topological polar surface area (TPSA) is 127 Å². The van der Waals surface area contributed by atoms with Gasteiger partial charge >= 0.3 is 12.1 Å². The van der Waals surface area contributed by atoms with Crippen LogP contribution in [0.5, 0.6) is 6.01 Å². The molecule has 15 heteroatoms. The number of nitrogens with one attached hydrogen (secondary N) is 2. The lowest BCUT2D eigenvalue weighted by Gasteiger charge is -2.34. The molecule has 3 aromatic heterocycles. The van der Waals surface area contributed by atoms with Crippen molar-refractivity contribution in [2.24, 2.45) is 0 Å². The Morgan fingerprint density at radius 3 is 2.49 bits per heavy atom. The maximum Gasteiger partial charge on any atom is 0.413 e. The number of hydrogen-bond donors (Lipinski definition) is 2. The van der Waals surface area contributed by atoms with Gasteiger partial charge in [-0.2, -0.15) is 9.97 Å². The number of rotatable bonds is 5. The number of alkyl halides is 1. The van der Waals surface area contributed by atoms with Gasteiger partial charge in [-0.3, -0.25) is 15.0 Å². The lowest BCUT2D eigenvalue weighted by atomic mass is 10.1. The Kier molecular flexibility index (Phi) is 8.86. The maximum atomic E-state index is 15.0. The number of amides is 1. The minimum absolute atomic E-state index is 0.00384. The van der Waals surface area contributed by atoms with Gasteiger partial charge in [-0.25, -0.2) is 18.6 Å². The molecule has 51 heavy (non-hydrogen) atoms. The van der Waals surface area contributed by atoms with Gasteiger partial charge in [-0.05, 0) is 90.5 Å². The fourth-order valence-electron chi connectivity index (χ4n) is 8.03.